The summed E-state index contributed by atoms with van der Waals surface area (Å²) in [5, 5.41) is 0. The zero-order valence-corrected chi connectivity index (χ0v) is 10.9. The molecule has 36 valence electrons. The summed E-state index contributed by atoms with van der Waals surface area (Å²) in [6.45, 7) is 0. The fourth-order valence-corrected chi connectivity index (χ4v) is 0. The van der Waals surface area contributed by atoms with Gasteiger partial charge in [0.05, 0.1) is 0 Å². The van der Waals surface area contributed by atoms with E-state index < -0.39 is 0 Å². The van der Waals surface area contributed by atoms with Gasteiger partial charge >= 0.3 is 81.9 Å². The fraction of sp³-hybridized carbons (Fsp3) is 0. The van der Waals surface area contributed by atoms with Crippen molar-refractivity contribution in [3.63, 3.8) is 0 Å². The summed E-state index contributed by atoms with van der Waals surface area (Å²) in [5.41, 5.74) is 0. The van der Waals surface area contributed by atoms with Crippen molar-refractivity contribution in [3.8, 4) is 0 Å². The van der Waals surface area contributed by atoms with Crippen LogP contribution in [0.2, 0.25) is 0 Å². The normalized spacial score (nSPS) is 5.33. The minimum absolute atomic E-state index is 1.53. The molecule has 6 heteroatoms. The summed E-state index contributed by atoms with van der Waals surface area (Å²) in [6, 6.07) is 0. The van der Waals surface area contributed by atoms with Gasteiger partial charge in [0.1, 0.15) is 0 Å². The zero-order valence-electron chi connectivity index (χ0n) is 2.45. The van der Waals surface area contributed by atoms with Crippen molar-refractivity contribution in [3.05, 3.63) is 0 Å². The Kier molecular flexibility index (Phi) is 30.7. The molecule has 0 saturated heterocycles. The zero-order chi connectivity index (χ0) is 5.41. The van der Waals surface area contributed by atoms with Crippen LogP contribution in [0.5, 0.6) is 0 Å². The van der Waals surface area contributed by atoms with E-state index in [1.807, 2.05) is 37.1 Å². The summed E-state index contributed by atoms with van der Waals surface area (Å²) < 4.78 is 0. The number of hydrogen-bond donors (Lipinski definition) is 0. The van der Waals surface area contributed by atoms with Crippen LogP contribution in [-0.4, -0.2) is 0 Å². The molecule has 0 aromatic rings. The molecule has 0 heterocycles. The molecular formula is Mo3S3. The number of rotatable bonds is 1. The van der Waals surface area contributed by atoms with Crippen LogP contribution in [0.25, 0.3) is 0 Å². The first kappa shape index (κ1) is 11.7. The molecule has 0 aliphatic carbocycles. The first-order valence-electron chi connectivity index (χ1n) is 0.667. The van der Waals surface area contributed by atoms with Gasteiger partial charge in [-0.05, 0) is 0 Å². The molecule has 0 atom stereocenters. The standard InChI is InChI=1S/3Mo.S2.S/c;;;1-2;/q;2*+1;-2;. The second-order valence-electron chi connectivity index (χ2n) is 0.136. The summed E-state index contributed by atoms with van der Waals surface area (Å²) >= 11 is 5.54. The van der Waals surface area contributed by atoms with Gasteiger partial charge in [-0.3, -0.25) is 0 Å². The van der Waals surface area contributed by atoms with Crippen molar-refractivity contribution < 1.29 is 55.1 Å². The van der Waals surface area contributed by atoms with E-state index in [0.29, 0.717) is 0 Å². The molecule has 0 fully saturated rings. The third-order valence-electron chi connectivity index (χ3n) is 0.0278. The molecular weight excluding hydrogens is 384 g/mol. The molecule has 0 N–H and O–H groups in total. The third kappa shape index (κ3) is 15.8. The van der Waals surface area contributed by atoms with Crippen molar-refractivity contribution in [2.45, 2.75) is 0 Å². The van der Waals surface area contributed by atoms with Crippen LogP contribution in [0.4, 0.5) is 0 Å². The van der Waals surface area contributed by atoms with Crippen LogP contribution in [-0.2, 0) is 55.1 Å². The first-order valence-corrected chi connectivity index (χ1v) is 10.4. The van der Waals surface area contributed by atoms with Crippen molar-refractivity contribution in [1.29, 1.82) is 0 Å². The molecule has 0 aliphatic rings. The molecule has 0 aliphatic heterocycles. The van der Waals surface area contributed by atoms with Crippen molar-refractivity contribution in [2.24, 2.45) is 0 Å². The van der Waals surface area contributed by atoms with Gasteiger partial charge in [0.25, 0.3) is 0 Å². The van der Waals surface area contributed by atoms with Gasteiger partial charge in [-0.15, -0.1) is 0 Å². The van der Waals surface area contributed by atoms with Crippen LogP contribution in [0.15, 0.2) is 0 Å². The van der Waals surface area contributed by atoms with E-state index in [2.05, 4.69) is 9.82 Å². The first-order chi connectivity index (χ1) is 2.91. The van der Waals surface area contributed by atoms with Crippen LogP contribution in [0.1, 0.15) is 0 Å². The van der Waals surface area contributed by atoms with E-state index in [-0.39, 0.29) is 0 Å². The van der Waals surface area contributed by atoms with E-state index >= 15 is 0 Å². The minimum atomic E-state index is 1.53. The Balaban J connectivity index is 0. The summed E-state index contributed by atoms with van der Waals surface area (Å²) in [6.07, 6.45) is 0. The monoisotopic (exact) mass is 390 g/mol. The second kappa shape index (κ2) is 15.7. The van der Waals surface area contributed by atoms with Crippen molar-refractivity contribution in [1.82, 2.24) is 0 Å². The topological polar surface area (TPSA) is 0 Å². The van der Waals surface area contributed by atoms with Gasteiger partial charge in [0, 0.05) is 0 Å². The van der Waals surface area contributed by atoms with Gasteiger partial charge in [-0.1, -0.05) is 0 Å². The molecule has 0 saturated carbocycles. The van der Waals surface area contributed by atoms with Gasteiger partial charge in [0.2, 0.25) is 0 Å². The molecule has 0 radical (unpaired) electrons. The number of hydrogen-bond acceptors (Lipinski definition) is 3. The van der Waals surface area contributed by atoms with Crippen molar-refractivity contribution >= 4 is 26.8 Å². The molecule has 6 heavy (non-hydrogen) atoms. The Hall–Kier alpha value is 2.98. The van der Waals surface area contributed by atoms with Gasteiger partial charge in [-0.2, -0.15) is 0 Å². The van der Waals surface area contributed by atoms with Crippen molar-refractivity contribution in [2.75, 3.05) is 0 Å². The summed E-state index contributed by atoms with van der Waals surface area (Å²) in [7, 11) is 7.67. The molecule has 0 spiro atoms. The van der Waals surface area contributed by atoms with E-state index in [1.54, 1.807) is 17.0 Å². The van der Waals surface area contributed by atoms with Crippen LogP contribution in [0, 0.1) is 0 Å². The quantitative estimate of drug-likeness (QED) is 0.501. The predicted octanol–water partition coefficient (Wildman–Crippen LogP) is 1.94. The summed E-state index contributed by atoms with van der Waals surface area (Å²) in [4.78, 5) is 0. The molecule has 0 aromatic carbocycles. The second-order valence-corrected chi connectivity index (χ2v) is 7.25. The molecule has 0 rings (SSSR count). The fourth-order valence-electron chi connectivity index (χ4n) is 0. The average Bonchev–Trinajstić information content (AvgIpc) is 1.72. The van der Waals surface area contributed by atoms with E-state index in [1.165, 1.54) is 18.0 Å². The Morgan fingerprint density at radius 3 is 1.17 bits per heavy atom. The third-order valence-corrected chi connectivity index (χ3v) is 8.75. The predicted molar refractivity (Wildman–Crippen MR) is 22.8 cm³/mol. The molecule has 0 amide bonds. The van der Waals surface area contributed by atoms with Gasteiger partial charge in [0.15, 0.2) is 0 Å². The SMILES string of the molecule is [Mo][S][S][Mo].[S]=[Mo]. The van der Waals surface area contributed by atoms with Gasteiger partial charge in [-0.25, -0.2) is 0 Å². The van der Waals surface area contributed by atoms with Crippen LogP contribution < -0.4 is 0 Å². The van der Waals surface area contributed by atoms with E-state index in [0.717, 1.165) is 0 Å². The van der Waals surface area contributed by atoms with E-state index in [4.69, 9.17) is 0 Å². The summed E-state index contributed by atoms with van der Waals surface area (Å²) in [5.74, 6) is 0. The molecule has 0 bridgehead atoms. The van der Waals surface area contributed by atoms with E-state index in [9.17, 15) is 0 Å². The molecule has 0 nitrogen and oxygen atoms in total. The van der Waals surface area contributed by atoms with Gasteiger partial charge < -0.3 is 0 Å². The average molecular weight is 384 g/mol. The van der Waals surface area contributed by atoms with Crippen LogP contribution >= 0.6 is 26.8 Å². The Morgan fingerprint density at radius 2 is 1.17 bits per heavy atom. The Morgan fingerprint density at radius 1 is 1.00 bits per heavy atom. The maximum atomic E-state index is 4.09. The molecule has 0 aromatic heterocycles. The van der Waals surface area contributed by atoms with Crippen LogP contribution in [0.3, 0.4) is 0 Å². The Bertz CT molecular complexity index is 13.5. The maximum absolute atomic E-state index is 4.09. The Labute approximate surface area is 80.3 Å². The molecule has 0 unspecified atom stereocenters.